The highest BCUT2D eigenvalue weighted by molar-refractivity contribution is 5.95. The molecule has 2 aromatic carbocycles. The zero-order valence-corrected chi connectivity index (χ0v) is 15.8. The molecule has 1 aliphatic rings. The van der Waals surface area contributed by atoms with Gasteiger partial charge < -0.3 is 21.5 Å². The number of nitrogens with zero attached hydrogens (tertiary/aromatic N) is 1. The highest BCUT2D eigenvalue weighted by atomic mass is 16.6. The third-order valence-electron chi connectivity index (χ3n) is 4.34. The number of nitro groups is 1. The Morgan fingerprint density at radius 1 is 1.21 bits per heavy atom. The molecule has 9 heteroatoms. The average molecular weight is 400 g/mol. The lowest BCUT2D eigenvalue weighted by atomic mass is 10.1. The highest BCUT2D eigenvalue weighted by Gasteiger charge is 2.21. The van der Waals surface area contributed by atoms with Crippen LogP contribution in [0.15, 0.2) is 54.6 Å². The molecule has 1 amide bonds. The Kier molecular flexibility index (Phi) is 8.26. The summed E-state index contributed by atoms with van der Waals surface area (Å²) in [7, 11) is 0. The molecule has 9 nitrogen and oxygen atoms in total. The van der Waals surface area contributed by atoms with Crippen molar-refractivity contribution in [3.05, 3.63) is 70.3 Å². The lowest BCUT2D eigenvalue weighted by Crippen LogP contribution is -2.35. The molecule has 0 bridgehead atoms. The number of carbonyl (C=O) groups is 2. The number of carboxylic acids is 1. The van der Waals surface area contributed by atoms with Gasteiger partial charge in [-0.25, -0.2) is 0 Å². The summed E-state index contributed by atoms with van der Waals surface area (Å²) in [5.74, 6) is -1.05. The summed E-state index contributed by atoms with van der Waals surface area (Å²) < 4.78 is 0. The lowest BCUT2D eigenvalue weighted by Gasteiger charge is -2.10. The Bertz CT molecular complexity index is 821. The third-order valence-corrected chi connectivity index (χ3v) is 4.34. The van der Waals surface area contributed by atoms with E-state index in [2.05, 4.69) is 10.6 Å². The normalized spacial score (nSPS) is 16.2. The van der Waals surface area contributed by atoms with Crippen molar-refractivity contribution in [2.75, 3.05) is 11.9 Å². The first-order chi connectivity index (χ1) is 13.9. The number of hydrogen-bond donors (Lipinski definition) is 4. The number of nitrogens with one attached hydrogen (secondary N) is 2. The van der Waals surface area contributed by atoms with Crippen LogP contribution < -0.4 is 16.4 Å². The first kappa shape index (κ1) is 22.0. The molecule has 1 fully saturated rings. The monoisotopic (exact) mass is 400 g/mol. The molecule has 29 heavy (non-hydrogen) atoms. The quantitative estimate of drug-likeness (QED) is 0.428. The van der Waals surface area contributed by atoms with E-state index in [0.717, 1.165) is 24.9 Å². The molecule has 2 aromatic rings. The van der Waals surface area contributed by atoms with Gasteiger partial charge in [0.05, 0.1) is 11.0 Å². The van der Waals surface area contributed by atoms with Crippen LogP contribution in [-0.4, -0.2) is 40.5 Å². The van der Waals surface area contributed by atoms with Crippen LogP contribution in [-0.2, 0) is 16.0 Å². The van der Waals surface area contributed by atoms with Crippen LogP contribution in [0, 0.1) is 10.1 Å². The van der Waals surface area contributed by atoms with Gasteiger partial charge in [-0.3, -0.25) is 19.7 Å². The number of rotatable bonds is 6. The van der Waals surface area contributed by atoms with Crippen molar-refractivity contribution in [1.82, 2.24) is 5.32 Å². The summed E-state index contributed by atoms with van der Waals surface area (Å²) in [5.41, 5.74) is 6.89. The fourth-order valence-corrected chi connectivity index (χ4v) is 2.76. The molecule has 0 spiro atoms. The van der Waals surface area contributed by atoms with E-state index in [1.165, 1.54) is 24.3 Å². The van der Waals surface area contributed by atoms with Crippen LogP contribution in [0.1, 0.15) is 18.4 Å². The number of anilines is 1. The molecule has 0 saturated carbocycles. The van der Waals surface area contributed by atoms with Crippen LogP contribution in [0.4, 0.5) is 11.4 Å². The van der Waals surface area contributed by atoms with Crippen LogP contribution in [0.5, 0.6) is 0 Å². The Morgan fingerprint density at radius 3 is 2.38 bits per heavy atom. The van der Waals surface area contributed by atoms with Crippen molar-refractivity contribution < 1.29 is 19.6 Å². The number of non-ortho nitro benzene ring substituents is 1. The second-order valence-electron chi connectivity index (χ2n) is 6.58. The summed E-state index contributed by atoms with van der Waals surface area (Å²) in [4.78, 5) is 32.1. The molecule has 0 aliphatic carbocycles. The van der Waals surface area contributed by atoms with E-state index < -0.39 is 16.9 Å². The number of benzene rings is 2. The number of carbonyl (C=O) groups excluding carboxylic acids is 1. The molecule has 5 N–H and O–H groups in total. The number of amides is 1. The number of carboxylic acid groups (broad SMARTS) is 1. The zero-order chi connectivity index (χ0) is 21.2. The smallest absolute Gasteiger partial charge is 0.320 e. The molecule has 0 radical (unpaired) electrons. The molecular weight excluding hydrogens is 376 g/mol. The van der Waals surface area contributed by atoms with Crippen molar-refractivity contribution in [3.63, 3.8) is 0 Å². The maximum atomic E-state index is 11.7. The topological polar surface area (TPSA) is 148 Å². The molecule has 3 rings (SSSR count). The number of hydrogen-bond acceptors (Lipinski definition) is 6. The SMILES string of the molecule is NC(Cc1ccccc1)C(=O)O.O=C(Nc1ccc([N+](=O)[O-])cc1)[C@@H]1CCCN1. The van der Waals surface area contributed by atoms with Gasteiger partial charge in [0.1, 0.15) is 6.04 Å². The first-order valence-corrected chi connectivity index (χ1v) is 9.18. The van der Waals surface area contributed by atoms with E-state index in [4.69, 9.17) is 10.8 Å². The maximum absolute atomic E-state index is 11.7. The summed E-state index contributed by atoms with van der Waals surface area (Å²) in [5, 5.41) is 24.8. The van der Waals surface area contributed by atoms with Gasteiger partial charge in [0.15, 0.2) is 0 Å². The molecule has 1 unspecified atom stereocenters. The van der Waals surface area contributed by atoms with Gasteiger partial charge in [0.2, 0.25) is 5.91 Å². The van der Waals surface area contributed by atoms with E-state index in [9.17, 15) is 19.7 Å². The van der Waals surface area contributed by atoms with Crippen molar-refractivity contribution >= 4 is 23.3 Å². The second kappa shape index (κ2) is 10.9. The number of nitrogens with two attached hydrogens (primary N) is 1. The standard InChI is InChI=1S/C11H13N3O3.C9H11NO2/c15-11(10-2-1-7-12-10)13-8-3-5-9(6-4-8)14(16)17;10-8(9(11)12)6-7-4-2-1-3-5-7/h3-6,10,12H,1-2,7H2,(H,13,15);1-5,8H,6,10H2,(H,11,12)/t10-;/m0./s1. The van der Waals surface area contributed by atoms with E-state index in [1.54, 1.807) is 0 Å². The predicted molar refractivity (Wildman–Crippen MR) is 109 cm³/mol. The van der Waals surface area contributed by atoms with Gasteiger partial charge in [0, 0.05) is 17.8 Å². The summed E-state index contributed by atoms with van der Waals surface area (Å²) in [6.45, 7) is 0.859. The molecule has 154 valence electrons. The largest absolute Gasteiger partial charge is 0.480 e. The van der Waals surface area contributed by atoms with Crippen molar-refractivity contribution in [2.24, 2.45) is 5.73 Å². The van der Waals surface area contributed by atoms with Crippen molar-refractivity contribution in [2.45, 2.75) is 31.3 Å². The van der Waals surface area contributed by atoms with Crippen molar-refractivity contribution in [1.29, 1.82) is 0 Å². The van der Waals surface area contributed by atoms with Crippen LogP contribution in [0.2, 0.25) is 0 Å². The highest BCUT2D eigenvalue weighted by Crippen LogP contribution is 2.16. The minimum atomic E-state index is -0.959. The van der Waals surface area contributed by atoms with Gasteiger partial charge >= 0.3 is 5.97 Å². The van der Waals surface area contributed by atoms with E-state index in [0.29, 0.717) is 12.1 Å². The molecule has 2 atom stereocenters. The maximum Gasteiger partial charge on any atom is 0.320 e. The van der Waals surface area contributed by atoms with Gasteiger partial charge in [-0.05, 0) is 43.5 Å². The summed E-state index contributed by atoms with van der Waals surface area (Å²) in [6, 6.07) is 14.2. The fraction of sp³-hybridized carbons (Fsp3) is 0.300. The van der Waals surface area contributed by atoms with Crippen molar-refractivity contribution in [3.8, 4) is 0 Å². The van der Waals surface area contributed by atoms with E-state index in [1.807, 2.05) is 30.3 Å². The summed E-state index contributed by atoms with van der Waals surface area (Å²) in [6.07, 6.45) is 2.22. The molecule has 1 heterocycles. The Labute approximate surface area is 168 Å². The molecule has 1 saturated heterocycles. The van der Waals surface area contributed by atoms with Gasteiger partial charge in [-0.2, -0.15) is 0 Å². The Morgan fingerprint density at radius 2 is 1.86 bits per heavy atom. The molecule has 0 aromatic heterocycles. The van der Waals surface area contributed by atoms with Gasteiger partial charge in [0.25, 0.3) is 5.69 Å². The van der Waals surface area contributed by atoms with Crippen LogP contribution >= 0.6 is 0 Å². The first-order valence-electron chi connectivity index (χ1n) is 9.18. The predicted octanol–water partition coefficient (Wildman–Crippen LogP) is 1.93. The molecular formula is C20H24N4O5. The Balaban J connectivity index is 0.000000221. The number of nitro benzene ring substituents is 1. The fourth-order valence-electron chi connectivity index (χ4n) is 2.76. The van der Waals surface area contributed by atoms with E-state index in [-0.39, 0.29) is 17.6 Å². The van der Waals surface area contributed by atoms with Crippen LogP contribution in [0.25, 0.3) is 0 Å². The molecule has 1 aliphatic heterocycles. The van der Waals surface area contributed by atoms with Gasteiger partial charge in [-0.15, -0.1) is 0 Å². The summed E-state index contributed by atoms with van der Waals surface area (Å²) >= 11 is 0. The average Bonchev–Trinajstić information content (AvgIpc) is 3.24. The Hall–Kier alpha value is -3.30. The zero-order valence-electron chi connectivity index (χ0n) is 15.8. The van der Waals surface area contributed by atoms with Crippen LogP contribution in [0.3, 0.4) is 0 Å². The van der Waals surface area contributed by atoms with E-state index >= 15 is 0 Å². The second-order valence-corrected chi connectivity index (χ2v) is 6.58. The minimum absolute atomic E-state index is 0.0157. The number of aliphatic carboxylic acids is 1. The minimum Gasteiger partial charge on any atom is -0.480 e. The lowest BCUT2D eigenvalue weighted by molar-refractivity contribution is -0.384. The third kappa shape index (κ3) is 7.32. The van der Waals surface area contributed by atoms with Gasteiger partial charge in [-0.1, -0.05) is 30.3 Å².